The molecule has 3 aromatic carbocycles. The maximum atomic E-state index is 13.3. The first-order valence-electron chi connectivity index (χ1n) is 14.0. The minimum atomic E-state index is -4.23. The summed E-state index contributed by atoms with van der Waals surface area (Å²) < 4.78 is 76.6. The number of rotatable bonds is 10. The van der Waals surface area contributed by atoms with Crippen LogP contribution in [0.1, 0.15) is 23.8 Å². The molecular weight excluding hydrogens is 620 g/mol. The molecule has 0 amide bonds. The van der Waals surface area contributed by atoms with Crippen LogP contribution in [0.5, 0.6) is 5.75 Å². The van der Waals surface area contributed by atoms with Gasteiger partial charge in [-0.05, 0) is 62.4 Å². The average Bonchev–Trinajstić information content (AvgIpc) is 3.64. The number of hydrogen-bond acceptors (Lipinski definition) is 11. The van der Waals surface area contributed by atoms with Gasteiger partial charge in [0.25, 0.3) is 20.2 Å². The lowest BCUT2D eigenvalue weighted by Gasteiger charge is -2.18. The van der Waals surface area contributed by atoms with Gasteiger partial charge < -0.3 is 9.47 Å². The second kappa shape index (κ2) is 12.3. The number of methoxy groups -OCH3 is 1. The summed E-state index contributed by atoms with van der Waals surface area (Å²) in [5.41, 5.74) is 4.08. The van der Waals surface area contributed by atoms with E-state index in [0.29, 0.717) is 22.6 Å². The maximum absolute atomic E-state index is 13.3. The van der Waals surface area contributed by atoms with Crippen molar-refractivity contribution in [2.75, 3.05) is 13.7 Å². The molecule has 1 fully saturated rings. The van der Waals surface area contributed by atoms with Crippen LogP contribution in [-0.4, -0.2) is 62.3 Å². The predicted octanol–water partition coefficient (Wildman–Crippen LogP) is 4.59. The molecule has 0 saturated carbocycles. The van der Waals surface area contributed by atoms with E-state index in [1.807, 2.05) is 38.1 Å². The van der Waals surface area contributed by atoms with E-state index >= 15 is 0 Å². The van der Waals surface area contributed by atoms with Gasteiger partial charge in [-0.1, -0.05) is 35.4 Å². The molecule has 2 aromatic heterocycles. The monoisotopic (exact) mass is 650 g/mol. The Labute approximate surface area is 260 Å². The Morgan fingerprint density at radius 2 is 1.44 bits per heavy atom. The van der Waals surface area contributed by atoms with Crippen molar-refractivity contribution in [3.8, 4) is 17.0 Å². The van der Waals surface area contributed by atoms with Gasteiger partial charge in [-0.3, -0.25) is 12.9 Å². The standard InChI is InChI=1S/C31H30N4O8S2/c1-20-4-12-24(13-5-20)44(36,37)41-17-27-26(43-45(38,39)25-14-6-21(2)7-15-25)16-28(42-27)35-19-34-30-29(32-18-33-31(30)35)22-8-10-23(40-3)11-9-22/h4-15,18-19,26-28H,16-17H2,1-3H3/t26-,27+,28+/m0/s1. The number of aryl methyl sites for hydroxylation is 2. The van der Waals surface area contributed by atoms with Gasteiger partial charge in [0.2, 0.25) is 0 Å². The van der Waals surface area contributed by atoms with Crippen molar-refractivity contribution in [1.82, 2.24) is 19.5 Å². The summed E-state index contributed by atoms with van der Waals surface area (Å²) in [6.45, 7) is 3.19. The lowest BCUT2D eigenvalue weighted by Crippen LogP contribution is -2.32. The van der Waals surface area contributed by atoms with Crippen molar-refractivity contribution in [3.05, 3.63) is 96.6 Å². The number of hydrogen-bond donors (Lipinski definition) is 0. The van der Waals surface area contributed by atoms with Gasteiger partial charge in [-0.2, -0.15) is 16.8 Å². The first kappa shape index (κ1) is 30.8. The normalized spacial score (nSPS) is 18.8. The fraction of sp³-hybridized carbons (Fsp3) is 0.258. The Bertz CT molecular complexity index is 2030. The molecule has 0 bridgehead atoms. The van der Waals surface area contributed by atoms with Crippen molar-refractivity contribution in [2.45, 2.75) is 48.5 Å². The Morgan fingerprint density at radius 1 is 0.822 bits per heavy atom. The molecule has 1 aliphatic rings. The largest absolute Gasteiger partial charge is 0.497 e. The van der Waals surface area contributed by atoms with Crippen molar-refractivity contribution >= 4 is 31.4 Å². The molecule has 45 heavy (non-hydrogen) atoms. The van der Waals surface area contributed by atoms with Crippen LogP contribution in [0, 0.1) is 13.8 Å². The molecule has 1 aliphatic heterocycles. The highest BCUT2D eigenvalue weighted by Crippen LogP contribution is 2.36. The Kier molecular flexibility index (Phi) is 8.41. The van der Waals surface area contributed by atoms with Crippen LogP contribution in [0.3, 0.4) is 0 Å². The molecular formula is C31H30N4O8S2. The van der Waals surface area contributed by atoms with Gasteiger partial charge in [0, 0.05) is 12.0 Å². The fourth-order valence-electron chi connectivity index (χ4n) is 5.00. The summed E-state index contributed by atoms with van der Waals surface area (Å²) in [6, 6.07) is 19.8. The fourth-order valence-corrected chi connectivity index (χ4v) is 7.03. The second-order valence-electron chi connectivity index (χ2n) is 10.6. The van der Waals surface area contributed by atoms with E-state index in [-0.39, 0.29) is 16.2 Å². The number of ether oxygens (including phenoxy) is 2. The van der Waals surface area contributed by atoms with Crippen LogP contribution in [0.25, 0.3) is 22.4 Å². The third-order valence-corrected chi connectivity index (χ3v) is 10.1. The minimum absolute atomic E-state index is 0.0317. The Morgan fingerprint density at radius 3 is 2.07 bits per heavy atom. The molecule has 3 atom stereocenters. The quantitative estimate of drug-likeness (QED) is 0.196. The van der Waals surface area contributed by atoms with Crippen LogP contribution in [0.15, 0.2) is 95.2 Å². The molecule has 0 spiro atoms. The van der Waals surface area contributed by atoms with Gasteiger partial charge in [0.05, 0.1) is 29.8 Å². The van der Waals surface area contributed by atoms with Gasteiger partial charge >= 0.3 is 0 Å². The summed E-state index contributed by atoms with van der Waals surface area (Å²) in [6.07, 6.45) is -0.000878. The van der Waals surface area contributed by atoms with E-state index in [2.05, 4.69) is 15.0 Å². The summed E-state index contributed by atoms with van der Waals surface area (Å²) in [5, 5.41) is 0. The van der Waals surface area contributed by atoms with Crippen molar-refractivity contribution in [2.24, 2.45) is 0 Å². The van der Waals surface area contributed by atoms with E-state index in [0.717, 1.165) is 16.7 Å². The van der Waals surface area contributed by atoms with Crippen molar-refractivity contribution < 1.29 is 34.7 Å². The summed E-state index contributed by atoms with van der Waals surface area (Å²) in [4.78, 5) is 13.3. The lowest BCUT2D eigenvalue weighted by molar-refractivity contribution is -0.0323. The molecule has 0 aliphatic carbocycles. The topological polar surface area (TPSA) is 149 Å². The average molecular weight is 651 g/mol. The number of imidazole rings is 1. The number of fused-ring (bicyclic) bond motifs is 1. The zero-order valence-electron chi connectivity index (χ0n) is 24.6. The second-order valence-corrected chi connectivity index (χ2v) is 13.8. The van der Waals surface area contributed by atoms with E-state index in [4.69, 9.17) is 17.8 Å². The Balaban J connectivity index is 1.30. The highest BCUT2D eigenvalue weighted by atomic mass is 32.2. The SMILES string of the molecule is COc1ccc(-c2ncnc3c2ncn3[C@H]2C[C@H](OS(=O)(=O)c3ccc(C)cc3)[C@@H](COS(=O)(=O)c3ccc(C)cc3)O2)cc1. The van der Waals surface area contributed by atoms with E-state index in [1.165, 1.54) is 36.9 Å². The summed E-state index contributed by atoms with van der Waals surface area (Å²) in [7, 11) is -6.82. The molecule has 3 heterocycles. The molecule has 12 nitrogen and oxygen atoms in total. The van der Waals surface area contributed by atoms with Gasteiger partial charge in [0.15, 0.2) is 5.65 Å². The minimum Gasteiger partial charge on any atom is -0.497 e. The third kappa shape index (κ3) is 6.46. The Hall–Kier alpha value is -4.21. The van der Waals surface area contributed by atoms with E-state index in [1.54, 1.807) is 35.9 Å². The predicted molar refractivity (Wildman–Crippen MR) is 163 cm³/mol. The van der Waals surface area contributed by atoms with Crippen molar-refractivity contribution in [1.29, 1.82) is 0 Å². The summed E-state index contributed by atoms with van der Waals surface area (Å²) in [5.74, 6) is 0.693. The highest BCUT2D eigenvalue weighted by molar-refractivity contribution is 7.87. The smallest absolute Gasteiger partial charge is 0.297 e. The number of aromatic nitrogens is 4. The van der Waals surface area contributed by atoms with Crippen LogP contribution in [-0.2, 0) is 33.3 Å². The van der Waals surface area contributed by atoms with Crippen LogP contribution < -0.4 is 4.74 Å². The molecule has 234 valence electrons. The molecule has 1 saturated heterocycles. The van der Waals surface area contributed by atoms with E-state index < -0.39 is 45.3 Å². The summed E-state index contributed by atoms with van der Waals surface area (Å²) >= 11 is 0. The van der Waals surface area contributed by atoms with Gasteiger partial charge in [-0.15, -0.1) is 0 Å². The molecule has 0 N–H and O–H groups in total. The molecule has 0 radical (unpaired) electrons. The van der Waals surface area contributed by atoms with E-state index in [9.17, 15) is 16.8 Å². The molecule has 5 aromatic rings. The van der Waals surface area contributed by atoms with Crippen LogP contribution in [0.4, 0.5) is 0 Å². The maximum Gasteiger partial charge on any atom is 0.297 e. The van der Waals surface area contributed by atoms with Crippen LogP contribution in [0.2, 0.25) is 0 Å². The number of nitrogens with zero attached hydrogens (tertiary/aromatic N) is 4. The zero-order chi connectivity index (χ0) is 31.8. The first-order valence-corrected chi connectivity index (χ1v) is 16.8. The van der Waals surface area contributed by atoms with Crippen LogP contribution >= 0.6 is 0 Å². The molecule has 6 rings (SSSR count). The van der Waals surface area contributed by atoms with Gasteiger partial charge in [0.1, 0.15) is 41.7 Å². The first-order chi connectivity index (χ1) is 21.5. The van der Waals surface area contributed by atoms with Crippen molar-refractivity contribution in [3.63, 3.8) is 0 Å². The lowest BCUT2D eigenvalue weighted by atomic mass is 10.1. The molecule has 0 unspecified atom stereocenters. The van der Waals surface area contributed by atoms with Gasteiger partial charge in [-0.25, -0.2) is 15.0 Å². The zero-order valence-corrected chi connectivity index (χ0v) is 26.2. The number of benzene rings is 3. The third-order valence-electron chi connectivity index (χ3n) is 7.47. The molecule has 14 heteroatoms. The highest BCUT2D eigenvalue weighted by Gasteiger charge is 2.42.